The van der Waals surface area contributed by atoms with Crippen molar-refractivity contribution in [2.45, 2.75) is 52.0 Å². The first kappa shape index (κ1) is 19.2. The van der Waals surface area contributed by atoms with Crippen molar-refractivity contribution < 1.29 is 9.59 Å². The van der Waals surface area contributed by atoms with E-state index in [2.05, 4.69) is 0 Å². The van der Waals surface area contributed by atoms with E-state index < -0.39 is 0 Å². The minimum atomic E-state index is -0.239. The second kappa shape index (κ2) is 8.73. The summed E-state index contributed by atoms with van der Waals surface area (Å²) in [6.45, 7) is 6.71. The Hall–Kier alpha value is -0.810. The van der Waals surface area contributed by atoms with Crippen LogP contribution in [0.15, 0.2) is 0 Å². The molecule has 22 heavy (non-hydrogen) atoms. The van der Waals surface area contributed by atoms with Gasteiger partial charge in [-0.3, -0.25) is 9.59 Å². The summed E-state index contributed by atoms with van der Waals surface area (Å²) in [6.07, 6.45) is 4.81. The van der Waals surface area contributed by atoms with Gasteiger partial charge in [0, 0.05) is 25.6 Å². The minimum absolute atomic E-state index is 0. The third kappa shape index (κ3) is 3.74. The quantitative estimate of drug-likeness (QED) is 0.833. The number of hydrogen-bond acceptors (Lipinski definition) is 3. The van der Waals surface area contributed by atoms with Crippen LogP contribution in [-0.2, 0) is 9.59 Å². The first-order valence-electron chi connectivity index (χ1n) is 8.43. The van der Waals surface area contributed by atoms with Crippen molar-refractivity contribution in [3.8, 4) is 0 Å². The Labute approximate surface area is 140 Å². The number of likely N-dealkylation sites (tertiary alicyclic amines) is 1. The van der Waals surface area contributed by atoms with Gasteiger partial charge in [0.15, 0.2) is 0 Å². The Morgan fingerprint density at radius 3 is 2.41 bits per heavy atom. The van der Waals surface area contributed by atoms with Gasteiger partial charge in [-0.05, 0) is 52.0 Å². The normalized spacial score (nSPS) is 27.6. The van der Waals surface area contributed by atoms with Gasteiger partial charge in [0.25, 0.3) is 0 Å². The molecule has 1 aliphatic heterocycles. The van der Waals surface area contributed by atoms with E-state index in [0.717, 1.165) is 38.6 Å². The lowest BCUT2D eigenvalue weighted by molar-refractivity contribution is -0.146. The Balaban J connectivity index is 0.00000242. The van der Waals surface area contributed by atoms with Crippen molar-refractivity contribution in [3.63, 3.8) is 0 Å². The highest BCUT2D eigenvalue weighted by atomic mass is 35.5. The van der Waals surface area contributed by atoms with E-state index in [9.17, 15) is 9.59 Å². The van der Waals surface area contributed by atoms with Gasteiger partial charge >= 0.3 is 0 Å². The molecule has 0 spiro atoms. The van der Waals surface area contributed by atoms with Gasteiger partial charge in [0.05, 0.1) is 0 Å². The largest absolute Gasteiger partial charge is 0.341 e. The molecule has 1 saturated heterocycles. The van der Waals surface area contributed by atoms with E-state index >= 15 is 0 Å². The van der Waals surface area contributed by atoms with Crippen LogP contribution in [0.3, 0.4) is 0 Å². The van der Waals surface area contributed by atoms with E-state index in [1.54, 1.807) is 0 Å². The molecule has 0 aromatic carbocycles. The Morgan fingerprint density at radius 2 is 1.82 bits per heavy atom. The third-order valence-electron chi connectivity index (χ3n) is 5.18. The molecule has 0 radical (unpaired) electrons. The first-order valence-corrected chi connectivity index (χ1v) is 8.43. The van der Waals surface area contributed by atoms with Gasteiger partial charge < -0.3 is 15.5 Å². The van der Waals surface area contributed by atoms with Crippen molar-refractivity contribution in [1.82, 2.24) is 9.80 Å². The standard InChI is InChI=1S/C16H29N3O2.ClH/c1-3-18(4-2)16(21)14-9-6-10-19(14)15(20)13-8-5-7-12(13)11-17;/h12-14H,3-11,17H2,1-2H3;1H/t12-,13-,14?;/m1./s1. The highest BCUT2D eigenvalue weighted by molar-refractivity contribution is 5.89. The highest BCUT2D eigenvalue weighted by Gasteiger charge is 2.41. The Morgan fingerprint density at radius 1 is 1.14 bits per heavy atom. The number of rotatable bonds is 5. The van der Waals surface area contributed by atoms with Crippen molar-refractivity contribution in [2.24, 2.45) is 17.6 Å². The maximum absolute atomic E-state index is 12.8. The maximum Gasteiger partial charge on any atom is 0.245 e. The number of nitrogens with two attached hydrogens (primary N) is 1. The smallest absolute Gasteiger partial charge is 0.245 e. The number of carbonyl (C=O) groups excluding carboxylic acids is 2. The summed E-state index contributed by atoms with van der Waals surface area (Å²) in [6, 6.07) is -0.239. The fourth-order valence-electron chi connectivity index (χ4n) is 3.89. The van der Waals surface area contributed by atoms with Crippen molar-refractivity contribution in [2.75, 3.05) is 26.2 Å². The van der Waals surface area contributed by atoms with Crippen LogP contribution in [0, 0.1) is 11.8 Å². The van der Waals surface area contributed by atoms with Gasteiger partial charge in [-0.1, -0.05) is 6.42 Å². The van der Waals surface area contributed by atoms with Crippen LogP contribution >= 0.6 is 12.4 Å². The predicted molar refractivity (Wildman–Crippen MR) is 89.8 cm³/mol. The van der Waals surface area contributed by atoms with Gasteiger partial charge in [0.2, 0.25) is 11.8 Å². The number of nitrogens with zero attached hydrogens (tertiary/aromatic N) is 2. The second-order valence-corrected chi connectivity index (χ2v) is 6.23. The van der Waals surface area contributed by atoms with Crippen LogP contribution in [0.4, 0.5) is 0 Å². The molecule has 1 unspecified atom stereocenters. The van der Waals surface area contributed by atoms with Crippen molar-refractivity contribution in [3.05, 3.63) is 0 Å². The molecule has 128 valence electrons. The van der Waals surface area contributed by atoms with Crippen molar-refractivity contribution in [1.29, 1.82) is 0 Å². The monoisotopic (exact) mass is 331 g/mol. The van der Waals surface area contributed by atoms with Gasteiger partial charge in [-0.2, -0.15) is 0 Å². The summed E-state index contributed by atoms with van der Waals surface area (Å²) in [5, 5.41) is 0. The molecular formula is C16H30ClN3O2. The highest BCUT2D eigenvalue weighted by Crippen LogP contribution is 2.34. The maximum atomic E-state index is 12.8. The van der Waals surface area contributed by atoms with Crippen LogP contribution in [0.1, 0.15) is 46.0 Å². The van der Waals surface area contributed by atoms with Gasteiger partial charge in [-0.25, -0.2) is 0 Å². The molecule has 2 N–H and O–H groups in total. The fourth-order valence-corrected chi connectivity index (χ4v) is 3.89. The molecule has 2 rings (SSSR count). The van der Waals surface area contributed by atoms with Crippen LogP contribution in [-0.4, -0.2) is 53.8 Å². The fraction of sp³-hybridized carbons (Fsp3) is 0.875. The van der Waals surface area contributed by atoms with Crippen LogP contribution in [0.25, 0.3) is 0 Å². The summed E-state index contributed by atoms with van der Waals surface area (Å²) >= 11 is 0. The van der Waals surface area contributed by atoms with E-state index in [0.29, 0.717) is 25.6 Å². The topological polar surface area (TPSA) is 66.6 Å². The summed E-state index contributed by atoms with van der Waals surface area (Å²) in [7, 11) is 0. The minimum Gasteiger partial charge on any atom is -0.341 e. The number of likely N-dealkylation sites (N-methyl/N-ethyl adjacent to an activating group) is 1. The summed E-state index contributed by atoms with van der Waals surface area (Å²) in [4.78, 5) is 29.1. The molecule has 3 atom stereocenters. The van der Waals surface area contributed by atoms with Crippen LogP contribution < -0.4 is 5.73 Å². The second-order valence-electron chi connectivity index (χ2n) is 6.23. The summed E-state index contributed by atoms with van der Waals surface area (Å²) in [5.41, 5.74) is 5.80. The van der Waals surface area contributed by atoms with Gasteiger partial charge in [-0.15, -0.1) is 12.4 Å². The predicted octanol–water partition coefficient (Wildman–Crippen LogP) is 1.64. The lowest BCUT2D eigenvalue weighted by Gasteiger charge is -2.31. The third-order valence-corrected chi connectivity index (χ3v) is 5.18. The molecule has 0 aromatic heterocycles. The van der Waals surface area contributed by atoms with Gasteiger partial charge in [0.1, 0.15) is 6.04 Å². The molecule has 6 heteroatoms. The zero-order valence-corrected chi connectivity index (χ0v) is 14.6. The number of amides is 2. The summed E-state index contributed by atoms with van der Waals surface area (Å²) < 4.78 is 0. The van der Waals surface area contributed by atoms with E-state index in [-0.39, 0.29) is 36.2 Å². The van der Waals surface area contributed by atoms with E-state index in [1.807, 2.05) is 23.6 Å². The van der Waals surface area contributed by atoms with Crippen LogP contribution in [0.2, 0.25) is 0 Å². The van der Waals surface area contributed by atoms with Crippen molar-refractivity contribution >= 4 is 24.2 Å². The Bertz CT molecular complexity index is 388. The molecule has 1 saturated carbocycles. The molecule has 0 bridgehead atoms. The zero-order chi connectivity index (χ0) is 15.4. The molecular weight excluding hydrogens is 302 g/mol. The molecule has 1 heterocycles. The summed E-state index contributed by atoms with van der Waals surface area (Å²) in [5.74, 6) is 0.640. The van der Waals surface area contributed by atoms with E-state index in [1.165, 1.54) is 0 Å². The SMILES string of the molecule is CCN(CC)C(=O)C1CCCN1C(=O)[C@@H]1CCC[C@@H]1CN.Cl. The molecule has 1 aliphatic carbocycles. The molecule has 0 aromatic rings. The first-order chi connectivity index (χ1) is 10.1. The average Bonchev–Trinajstić information content (AvgIpc) is 3.16. The number of carbonyl (C=O) groups is 2. The molecule has 2 fully saturated rings. The number of hydrogen-bond donors (Lipinski definition) is 1. The van der Waals surface area contributed by atoms with E-state index in [4.69, 9.17) is 5.73 Å². The molecule has 5 nitrogen and oxygen atoms in total. The lowest BCUT2D eigenvalue weighted by Crippen LogP contribution is -2.50. The number of halogens is 1. The van der Waals surface area contributed by atoms with Crippen LogP contribution in [0.5, 0.6) is 0 Å². The molecule has 2 amide bonds. The Kier molecular flexibility index (Phi) is 7.63. The average molecular weight is 332 g/mol. The molecule has 2 aliphatic rings. The lowest BCUT2D eigenvalue weighted by atomic mass is 9.94. The zero-order valence-electron chi connectivity index (χ0n) is 13.8.